The Bertz CT molecular complexity index is 520. The zero-order chi connectivity index (χ0) is 15.1. The van der Waals surface area contributed by atoms with Crippen LogP contribution in [0.25, 0.3) is 0 Å². The molecule has 2 nitrogen and oxygen atoms in total. The fourth-order valence-electron chi connectivity index (χ4n) is 2.47. The highest BCUT2D eigenvalue weighted by Crippen LogP contribution is 2.15. The van der Waals surface area contributed by atoms with Crippen molar-refractivity contribution in [1.82, 2.24) is 10.2 Å². The Kier molecular flexibility index (Phi) is 6.43. The summed E-state index contributed by atoms with van der Waals surface area (Å²) < 4.78 is 0. The van der Waals surface area contributed by atoms with E-state index >= 15 is 0 Å². The Labute approximate surface area is 132 Å². The van der Waals surface area contributed by atoms with Gasteiger partial charge in [0.1, 0.15) is 0 Å². The monoisotopic (exact) mass is 302 g/mol. The molecule has 0 aliphatic carbocycles. The van der Waals surface area contributed by atoms with Gasteiger partial charge in [-0.3, -0.25) is 4.90 Å². The highest BCUT2D eigenvalue weighted by atomic mass is 32.1. The van der Waals surface area contributed by atoms with Crippen LogP contribution in [-0.2, 0) is 19.5 Å². The molecule has 0 unspecified atom stereocenters. The average Bonchev–Trinajstić information content (AvgIpc) is 2.93. The van der Waals surface area contributed by atoms with E-state index < -0.39 is 0 Å². The van der Waals surface area contributed by atoms with Crippen LogP contribution in [0.15, 0.2) is 41.8 Å². The van der Waals surface area contributed by atoms with Gasteiger partial charge in [0.05, 0.1) is 0 Å². The normalized spacial score (nSPS) is 11.5. The fraction of sp³-hybridized carbons (Fsp3) is 0.444. The van der Waals surface area contributed by atoms with Crippen LogP contribution < -0.4 is 5.32 Å². The lowest BCUT2D eigenvalue weighted by Gasteiger charge is -2.18. The van der Waals surface area contributed by atoms with Crippen LogP contribution >= 0.6 is 11.3 Å². The summed E-state index contributed by atoms with van der Waals surface area (Å²) in [4.78, 5) is 3.82. The molecular formula is C18H26N2S. The molecule has 1 aromatic heterocycles. The number of nitrogens with zero attached hydrogens (tertiary/aromatic N) is 1. The van der Waals surface area contributed by atoms with Crippen molar-refractivity contribution < 1.29 is 0 Å². The largest absolute Gasteiger partial charge is 0.314 e. The third-order valence-electron chi connectivity index (χ3n) is 3.51. The molecule has 1 heterocycles. The van der Waals surface area contributed by atoms with Crippen molar-refractivity contribution in [3.8, 4) is 0 Å². The van der Waals surface area contributed by atoms with Crippen LogP contribution in [0.2, 0.25) is 0 Å². The Morgan fingerprint density at radius 2 is 1.81 bits per heavy atom. The van der Waals surface area contributed by atoms with Gasteiger partial charge in [-0.25, -0.2) is 0 Å². The van der Waals surface area contributed by atoms with Gasteiger partial charge in [0, 0.05) is 24.0 Å². The minimum absolute atomic E-state index is 0.554. The smallest absolute Gasteiger partial charge is 0.0328 e. The number of rotatable bonds is 8. The molecule has 0 spiro atoms. The van der Waals surface area contributed by atoms with Gasteiger partial charge in [0.2, 0.25) is 0 Å². The molecule has 2 rings (SSSR count). The maximum absolute atomic E-state index is 3.50. The number of hydrogen-bond acceptors (Lipinski definition) is 3. The van der Waals surface area contributed by atoms with Gasteiger partial charge in [-0.05, 0) is 42.6 Å². The van der Waals surface area contributed by atoms with Crippen molar-refractivity contribution in [3.63, 3.8) is 0 Å². The Morgan fingerprint density at radius 1 is 1.05 bits per heavy atom. The zero-order valence-electron chi connectivity index (χ0n) is 13.3. The van der Waals surface area contributed by atoms with Gasteiger partial charge in [0.25, 0.3) is 0 Å². The minimum atomic E-state index is 0.554. The predicted octanol–water partition coefficient (Wildman–Crippen LogP) is 3.92. The van der Waals surface area contributed by atoms with Gasteiger partial charge in [-0.1, -0.05) is 44.2 Å². The van der Waals surface area contributed by atoms with Gasteiger partial charge in [0.15, 0.2) is 0 Å². The minimum Gasteiger partial charge on any atom is -0.314 e. The average molecular weight is 302 g/mol. The van der Waals surface area contributed by atoms with Crippen LogP contribution in [-0.4, -0.2) is 24.5 Å². The van der Waals surface area contributed by atoms with Crippen molar-refractivity contribution in [1.29, 1.82) is 0 Å². The molecule has 3 heteroatoms. The Balaban J connectivity index is 1.92. The molecule has 21 heavy (non-hydrogen) atoms. The van der Waals surface area contributed by atoms with E-state index in [1.54, 1.807) is 0 Å². The van der Waals surface area contributed by atoms with Crippen molar-refractivity contribution >= 4 is 11.3 Å². The van der Waals surface area contributed by atoms with Crippen molar-refractivity contribution in [3.05, 3.63) is 57.8 Å². The summed E-state index contributed by atoms with van der Waals surface area (Å²) in [6.45, 7) is 7.47. The molecule has 1 N–H and O–H groups in total. The van der Waals surface area contributed by atoms with E-state index in [-0.39, 0.29) is 0 Å². The first-order valence-corrected chi connectivity index (χ1v) is 8.54. The number of benzene rings is 1. The SMILES string of the molecule is CC(C)NCCc1ccccc1CN(C)Cc1cccs1. The van der Waals surface area contributed by atoms with E-state index in [1.165, 1.54) is 16.0 Å². The van der Waals surface area contributed by atoms with Gasteiger partial charge in [-0.2, -0.15) is 0 Å². The van der Waals surface area contributed by atoms with E-state index in [2.05, 4.69) is 72.9 Å². The lowest BCUT2D eigenvalue weighted by Crippen LogP contribution is -2.25. The van der Waals surface area contributed by atoms with Crippen molar-refractivity contribution in [2.24, 2.45) is 0 Å². The molecule has 0 saturated heterocycles. The molecule has 1 aromatic carbocycles. The first-order valence-electron chi connectivity index (χ1n) is 7.66. The third kappa shape index (κ3) is 5.62. The quantitative estimate of drug-likeness (QED) is 0.795. The van der Waals surface area contributed by atoms with E-state index in [0.29, 0.717) is 6.04 Å². The highest BCUT2D eigenvalue weighted by Gasteiger charge is 2.07. The van der Waals surface area contributed by atoms with Crippen molar-refractivity contribution in [2.75, 3.05) is 13.6 Å². The van der Waals surface area contributed by atoms with Gasteiger partial charge in [-0.15, -0.1) is 11.3 Å². The zero-order valence-corrected chi connectivity index (χ0v) is 14.1. The molecule has 114 valence electrons. The standard InChI is InChI=1S/C18H26N2S/c1-15(2)19-11-10-16-7-4-5-8-17(16)13-20(3)14-18-9-6-12-21-18/h4-9,12,15,19H,10-11,13-14H2,1-3H3. The molecule has 0 fully saturated rings. The van der Waals surface area contributed by atoms with Crippen LogP contribution in [0.4, 0.5) is 0 Å². The van der Waals surface area contributed by atoms with E-state index in [9.17, 15) is 0 Å². The maximum Gasteiger partial charge on any atom is 0.0328 e. The highest BCUT2D eigenvalue weighted by molar-refractivity contribution is 7.09. The maximum atomic E-state index is 3.50. The summed E-state index contributed by atoms with van der Waals surface area (Å²) >= 11 is 1.83. The predicted molar refractivity (Wildman–Crippen MR) is 92.8 cm³/mol. The van der Waals surface area contributed by atoms with E-state index in [1.807, 2.05) is 11.3 Å². The summed E-state index contributed by atoms with van der Waals surface area (Å²) in [7, 11) is 2.20. The molecule has 0 aliphatic rings. The lowest BCUT2D eigenvalue weighted by atomic mass is 10.0. The fourth-order valence-corrected chi connectivity index (χ4v) is 3.25. The molecule has 0 radical (unpaired) electrons. The Hall–Kier alpha value is -1.16. The molecule has 0 bridgehead atoms. The van der Waals surface area contributed by atoms with Crippen LogP contribution in [0, 0.1) is 0 Å². The van der Waals surface area contributed by atoms with E-state index in [0.717, 1.165) is 26.1 Å². The first-order chi connectivity index (χ1) is 10.1. The number of thiophene rings is 1. The second kappa shape index (κ2) is 8.32. The van der Waals surface area contributed by atoms with Crippen LogP contribution in [0.5, 0.6) is 0 Å². The first kappa shape index (κ1) is 16.2. The number of nitrogens with one attached hydrogen (secondary N) is 1. The summed E-state index contributed by atoms with van der Waals surface area (Å²) in [6.07, 6.45) is 1.10. The second-order valence-electron chi connectivity index (χ2n) is 5.88. The molecule has 0 atom stereocenters. The third-order valence-corrected chi connectivity index (χ3v) is 4.37. The van der Waals surface area contributed by atoms with Crippen LogP contribution in [0.1, 0.15) is 29.9 Å². The molecule has 2 aromatic rings. The molecule has 0 aliphatic heterocycles. The Morgan fingerprint density at radius 3 is 2.48 bits per heavy atom. The van der Waals surface area contributed by atoms with Gasteiger partial charge >= 0.3 is 0 Å². The van der Waals surface area contributed by atoms with E-state index in [4.69, 9.17) is 0 Å². The molecule has 0 saturated carbocycles. The second-order valence-corrected chi connectivity index (χ2v) is 6.91. The summed E-state index contributed by atoms with van der Waals surface area (Å²) in [5, 5.41) is 5.65. The number of hydrogen-bond donors (Lipinski definition) is 1. The summed E-state index contributed by atoms with van der Waals surface area (Å²) in [6, 6.07) is 13.7. The lowest BCUT2D eigenvalue weighted by molar-refractivity contribution is 0.321. The summed E-state index contributed by atoms with van der Waals surface area (Å²) in [5.74, 6) is 0. The molecule has 0 amide bonds. The summed E-state index contributed by atoms with van der Waals surface area (Å²) in [5.41, 5.74) is 2.91. The van der Waals surface area contributed by atoms with Crippen LogP contribution in [0.3, 0.4) is 0 Å². The van der Waals surface area contributed by atoms with Gasteiger partial charge < -0.3 is 5.32 Å². The van der Waals surface area contributed by atoms with Crippen molar-refractivity contribution in [2.45, 2.75) is 39.4 Å². The topological polar surface area (TPSA) is 15.3 Å². The molecular weight excluding hydrogens is 276 g/mol.